The molecule has 0 saturated heterocycles. The number of para-hydroxylation sites is 2. The monoisotopic (exact) mass is 363 g/mol. The molecule has 1 aliphatic carbocycles. The largest absolute Gasteiger partial charge is 0.490 e. The first-order valence-corrected chi connectivity index (χ1v) is 9.46. The molecule has 0 heterocycles. The highest BCUT2D eigenvalue weighted by Crippen LogP contribution is 2.26. The number of ether oxygens (including phenoxy) is 2. The molecule has 0 amide bonds. The summed E-state index contributed by atoms with van der Waals surface area (Å²) in [5.41, 5.74) is 1.31. The van der Waals surface area contributed by atoms with Crippen molar-refractivity contribution in [3.63, 3.8) is 0 Å². The molecule has 1 N–H and O–H groups in total. The average Bonchev–Trinajstić information content (AvgIpc) is 2.62. The van der Waals surface area contributed by atoms with Crippen molar-refractivity contribution in [3.8, 4) is 11.5 Å². The zero-order valence-electron chi connectivity index (χ0n) is 14.9. The number of aliphatic hydroxyl groups is 1. The van der Waals surface area contributed by atoms with Gasteiger partial charge in [0.1, 0.15) is 6.61 Å². The van der Waals surface area contributed by atoms with Crippen LogP contribution in [0.25, 0.3) is 0 Å². The van der Waals surface area contributed by atoms with Crippen LogP contribution in [-0.2, 0) is 0 Å². The number of hydrogen-bond acceptors (Lipinski definition) is 5. The van der Waals surface area contributed by atoms with E-state index in [-0.39, 0.29) is 11.9 Å². The van der Waals surface area contributed by atoms with Gasteiger partial charge >= 0.3 is 0 Å². The summed E-state index contributed by atoms with van der Waals surface area (Å²) in [6.45, 7) is 5.43. The fraction of sp³-hybridized carbons (Fsp3) is 0.500. The molecule has 0 saturated carbocycles. The van der Waals surface area contributed by atoms with Crippen LogP contribution in [0, 0.1) is 0 Å². The summed E-state index contributed by atoms with van der Waals surface area (Å²) >= 11 is 4.67. The smallest absolute Gasteiger partial charge is 0.161 e. The Balaban J connectivity index is 1.85. The first-order valence-electron chi connectivity index (χ1n) is 8.94. The minimum absolute atomic E-state index is 0.0504. The lowest BCUT2D eigenvalue weighted by molar-refractivity contribution is 0.195. The lowest BCUT2D eigenvalue weighted by Crippen LogP contribution is -2.36. The molecular weight excluding hydrogens is 334 g/mol. The predicted octanol–water partition coefficient (Wildman–Crippen LogP) is 3.33. The summed E-state index contributed by atoms with van der Waals surface area (Å²) in [5, 5.41) is 9.38. The summed E-state index contributed by atoms with van der Waals surface area (Å²) in [6, 6.07) is 7.69. The Hall–Kier alpha value is -1.43. The minimum Gasteiger partial charge on any atom is -0.490 e. The molecule has 1 aliphatic rings. The molecule has 138 valence electrons. The SMILES string of the molecule is CCOc1ccccc1OCC(S)CN(CCO)CC1=CCCC=C1. The van der Waals surface area contributed by atoms with Gasteiger partial charge in [0.15, 0.2) is 11.5 Å². The van der Waals surface area contributed by atoms with Crippen molar-refractivity contribution in [3.05, 3.63) is 48.1 Å². The molecule has 0 fully saturated rings. The first-order chi connectivity index (χ1) is 12.2. The van der Waals surface area contributed by atoms with Crippen molar-refractivity contribution in [2.75, 3.05) is 39.5 Å². The van der Waals surface area contributed by atoms with E-state index in [4.69, 9.17) is 9.47 Å². The van der Waals surface area contributed by atoms with Gasteiger partial charge in [-0.15, -0.1) is 0 Å². The van der Waals surface area contributed by atoms with Crippen molar-refractivity contribution in [2.24, 2.45) is 0 Å². The van der Waals surface area contributed by atoms with Crippen LogP contribution in [0.5, 0.6) is 11.5 Å². The maximum atomic E-state index is 9.33. The third-order valence-corrected chi connectivity index (χ3v) is 4.26. The van der Waals surface area contributed by atoms with E-state index < -0.39 is 0 Å². The molecule has 2 rings (SSSR count). The molecule has 1 aromatic carbocycles. The van der Waals surface area contributed by atoms with E-state index >= 15 is 0 Å². The molecule has 5 heteroatoms. The predicted molar refractivity (Wildman–Crippen MR) is 106 cm³/mol. The van der Waals surface area contributed by atoms with Crippen LogP contribution in [0.4, 0.5) is 0 Å². The number of nitrogens with zero attached hydrogens (tertiary/aromatic N) is 1. The third kappa shape index (κ3) is 7.14. The van der Waals surface area contributed by atoms with Gasteiger partial charge in [0.2, 0.25) is 0 Å². The number of hydrogen-bond donors (Lipinski definition) is 2. The number of thiol groups is 1. The fourth-order valence-corrected chi connectivity index (χ4v) is 3.11. The Morgan fingerprint density at radius 2 is 1.96 bits per heavy atom. The zero-order valence-corrected chi connectivity index (χ0v) is 15.8. The number of allylic oxidation sites excluding steroid dienone is 2. The number of benzene rings is 1. The van der Waals surface area contributed by atoms with Crippen molar-refractivity contribution >= 4 is 12.6 Å². The highest BCUT2D eigenvalue weighted by molar-refractivity contribution is 7.81. The van der Waals surface area contributed by atoms with Crippen molar-refractivity contribution in [2.45, 2.75) is 25.0 Å². The van der Waals surface area contributed by atoms with Crippen LogP contribution in [0.2, 0.25) is 0 Å². The van der Waals surface area contributed by atoms with Crippen molar-refractivity contribution < 1.29 is 14.6 Å². The molecule has 0 aliphatic heterocycles. The van der Waals surface area contributed by atoms with Crippen LogP contribution in [0.3, 0.4) is 0 Å². The highest BCUT2D eigenvalue weighted by Gasteiger charge is 2.14. The highest BCUT2D eigenvalue weighted by atomic mass is 32.1. The van der Waals surface area contributed by atoms with Gasteiger partial charge in [-0.25, -0.2) is 0 Å². The van der Waals surface area contributed by atoms with Gasteiger partial charge in [0.25, 0.3) is 0 Å². The summed E-state index contributed by atoms with van der Waals surface area (Å²) in [5.74, 6) is 1.50. The van der Waals surface area contributed by atoms with Gasteiger partial charge in [0.05, 0.1) is 13.2 Å². The van der Waals surface area contributed by atoms with E-state index in [1.807, 2.05) is 31.2 Å². The lowest BCUT2D eigenvalue weighted by Gasteiger charge is -2.26. The Kier molecular flexibility index (Phi) is 8.94. The second-order valence-electron chi connectivity index (χ2n) is 6.06. The van der Waals surface area contributed by atoms with Gasteiger partial charge in [-0.3, -0.25) is 4.90 Å². The van der Waals surface area contributed by atoms with Gasteiger partial charge in [0, 0.05) is 24.9 Å². The quantitative estimate of drug-likeness (QED) is 0.592. The molecule has 0 aromatic heterocycles. The second kappa shape index (κ2) is 11.2. The van der Waals surface area contributed by atoms with Gasteiger partial charge in [-0.05, 0) is 37.5 Å². The summed E-state index contributed by atoms with van der Waals surface area (Å²) in [4.78, 5) is 2.22. The van der Waals surface area contributed by atoms with E-state index in [9.17, 15) is 5.11 Å². The van der Waals surface area contributed by atoms with Gasteiger partial charge < -0.3 is 14.6 Å². The Labute approximate surface area is 156 Å². The molecule has 1 unspecified atom stereocenters. The van der Waals surface area contributed by atoms with E-state index in [1.165, 1.54) is 5.57 Å². The third-order valence-electron chi connectivity index (χ3n) is 3.94. The maximum Gasteiger partial charge on any atom is 0.161 e. The Bertz CT molecular complexity index is 574. The summed E-state index contributed by atoms with van der Waals surface area (Å²) < 4.78 is 11.5. The van der Waals surface area contributed by atoms with Crippen molar-refractivity contribution in [1.29, 1.82) is 0 Å². The fourth-order valence-electron chi connectivity index (χ4n) is 2.80. The van der Waals surface area contributed by atoms with Crippen LogP contribution >= 0.6 is 12.6 Å². The Morgan fingerprint density at radius 1 is 1.20 bits per heavy atom. The molecular formula is C20H29NO3S. The summed E-state index contributed by atoms with van der Waals surface area (Å²) in [7, 11) is 0. The van der Waals surface area contributed by atoms with E-state index in [0.717, 1.165) is 37.4 Å². The number of aliphatic hydroxyl groups excluding tert-OH is 1. The maximum absolute atomic E-state index is 9.33. The average molecular weight is 364 g/mol. The molecule has 0 bridgehead atoms. The normalized spacial score (nSPS) is 15.1. The van der Waals surface area contributed by atoms with Crippen LogP contribution in [-0.4, -0.2) is 54.7 Å². The van der Waals surface area contributed by atoms with E-state index in [1.54, 1.807) is 0 Å². The molecule has 1 atom stereocenters. The topological polar surface area (TPSA) is 41.9 Å². The van der Waals surface area contributed by atoms with E-state index in [2.05, 4.69) is 35.8 Å². The first kappa shape index (κ1) is 19.9. The molecule has 0 radical (unpaired) electrons. The second-order valence-corrected chi connectivity index (χ2v) is 6.79. The lowest BCUT2D eigenvalue weighted by atomic mass is 10.1. The zero-order chi connectivity index (χ0) is 17.9. The van der Waals surface area contributed by atoms with Crippen LogP contribution in [0.1, 0.15) is 19.8 Å². The molecule has 25 heavy (non-hydrogen) atoms. The Morgan fingerprint density at radius 3 is 2.60 bits per heavy atom. The van der Waals surface area contributed by atoms with Crippen molar-refractivity contribution in [1.82, 2.24) is 4.90 Å². The number of rotatable bonds is 11. The molecule has 4 nitrogen and oxygen atoms in total. The van der Waals surface area contributed by atoms with Gasteiger partial charge in [-0.1, -0.05) is 30.4 Å². The van der Waals surface area contributed by atoms with Crippen LogP contribution in [0.15, 0.2) is 48.1 Å². The standard InChI is InChI=1S/C20H29NO3S/c1-2-23-19-10-6-7-11-20(19)24-16-18(25)15-21(12-13-22)14-17-8-4-3-5-9-17/h4,6-11,18,22,25H,2-3,5,12-16H2,1H3. The molecule has 0 spiro atoms. The minimum atomic E-state index is 0.0504. The van der Waals surface area contributed by atoms with Crippen LogP contribution < -0.4 is 9.47 Å². The molecule has 1 aromatic rings. The summed E-state index contributed by atoms with van der Waals surface area (Å²) in [6.07, 6.45) is 8.87. The van der Waals surface area contributed by atoms with Gasteiger partial charge in [-0.2, -0.15) is 12.6 Å². The van der Waals surface area contributed by atoms with E-state index in [0.29, 0.717) is 19.8 Å².